The minimum absolute atomic E-state index is 0.868. The summed E-state index contributed by atoms with van der Waals surface area (Å²) in [6.07, 6.45) is 0. The van der Waals surface area contributed by atoms with Crippen molar-refractivity contribution in [2.24, 2.45) is 10.9 Å². The maximum Gasteiger partial charge on any atom is 0.138 e. The molecular formula is C8H20N4. The van der Waals surface area contributed by atoms with Crippen LogP contribution < -0.4 is 5.84 Å². The van der Waals surface area contributed by atoms with Gasteiger partial charge in [-0.1, -0.05) is 13.8 Å². The van der Waals surface area contributed by atoms with Crippen LogP contribution >= 0.6 is 0 Å². The Balaban J connectivity index is 0.000000561. The first kappa shape index (κ1) is 11.2. The van der Waals surface area contributed by atoms with Gasteiger partial charge in [0.2, 0.25) is 0 Å². The minimum Gasteiger partial charge on any atom is -0.359 e. The van der Waals surface area contributed by atoms with E-state index in [2.05, 4.69) is 21.9 Å². The number of hydrogen-bond donors (Lipinski definition) is 1. The summed E-state index contributed by atoms with van der Waals surface area (Å²) >= 11 is 0. The number of amidine groups is 1. The van der Waals surface area contributed by atoms with E-state index in [9.17, 15) is 0 Å². The Morgan fingerprint density at radius 2 is 1.83 bits per heavy atom. The summed E-state index contributed by atoms with van der Waals surface area (Å²) in [4.78, 5) is 4.28. The standard InChI is InChI=1S/C6H14N4.C2H6/c1-9-3-4-10(2)6(5-9)8-7;1-2/h3-5,7H2,1-2H3;1-2H3/b8-6-;. The first-order chi connectivity index (χ1) is 5.74. The lowest BCUT2D eigenvalue weighted by Crippen LogP contribution is -2.47. The van der Waals surface area contributed by atoms with Crippen LogP contribution in [0.3, 0.4) is 0 Å². The molecule has 1 fully saturated rings. The van der Waals surface area contributed by atoms with Crippen molar-refractivity contribution >= 4 is 5.84 Å². The molecule has 0 aromatic carbocycles. The number of nitrogens with two attached hydrogens (primary N) is 1. The molecule has 0 aromatic rings. The summed E-state index contributed by atoms with van der Waals surface area (Å²) in [6.45, 7) is 6.98. The molecule has 2 N–H and O–H groups in total. The van der Waals surface area contributed by atoms with Crippen LogP contribution in [0.25, 0.3) is 0 Å². The number of hydrazone groups is 1. The second-order valence-corrected chi connectivity index (χ2v) is 2.70. The van der Waals surface area contributed by atoms with Gasteiger partial charge in [0.25, 0.3) is 0 Å². The molecule has 1 aliphatic heterocycles. The van der Waals surface area contributed by atoms with Gasteiger partial charge in [-0.25, -0.2) is 0 Å². The third kappa shape index (κ3) is 3.09. The highest BCUT2D eigenvalue weighted by Crippen LogP contribution is 1.97. The van der Waals surface area contributed by atoms with E-state index < -0.39 is 0 Å². The van der Waals surface area contributed by atoms with E-state index in [0.717, 1.165) is 25.5 Å². The Morgan fingerprint density at radius 3 is 2.25 bits per heavy atom. The highest BCUT2D eigenvalue weighted by Gasteiger charge is 2.15. The molecule has 1 aliphatic rings. The normalized spacial score (nSPS) is 22.0. The average molecular weight is 172 g/mol. The maximum atomic E-state index is 5.18. The summed E-state index contributed by atoms with van der Waals surface area (Å²) < 4.78 is 0. The topological polar surface area (TPSA) is 44.9 Å². The first-order valence-corrected chi connectivity index (χ1v) is 4.40. The van der Waals surface area contributed by atoms with Crippen LogP contribution in [0, 0.1) is 0 Å². The van der Waals surface area contributed by atoms with Crippen molar-refractivity contribution < 1.29 is 0 Å². The number of piperazine rings is 1. The van der Waals surface area contributed by atoms with Gasteiger partial charge in [-0.05, 0) is 7.05 Å². The molecule has 0 radical (unpaired) electrons. The summed E-state index contributed by atoms with van der Waals surface area (Å²) in [5.74, 6) is 6.14. The van der Waals surface area contributed by atoms with Crippen LogP contribution in [-0.4, -0.2) is 49.4 Å². The molecule has 12 heavy (non-hydrogen) atoms. The Morgan fingerprint density at radius 1 is 1.25 bits per heavy atom. The summed E-state index contributed by atoms with van der Waals surface area (Å²) in [5, 5.41) is 3.68. The van der Waals surface area contributed by atoms with Gasteiger partial charge in [-0.3, -0.25) is 4.90 Å². The van der Waals surface area contributed by atoms with Crippen LogP contribution in [0.2, 0.25) is 0 Å². The van der Waals surface area contributed by atoms with Gasteiger partial charge >= 0.3 is 0 Å². The first-order valence-electron chi connectivity index (χ1n) is 4.40. The molecule has 0 aliphatic carbocycles. The molecule has 1 saturated heterocycles. The zero-order valence-corrected chi connectivity index (χ0v) is 8.54. The maximum absolute atomic E-state index is 5.18. The molecule has 0 aromatic heterocycles. The molecule has 0 bridgehead atoms. The third-order valence-electron chi connectivity index (χ3n) is 1.82. The predicted octanol–water partition coefficient (Wildman–Crippen LogP) is 0.162. The fourth-order valence-electron chi connectivity index (χ4n) is 1.03. The van der Waals surface area contributed by atoms with Crippen LogP contribution in [0.1, 0.15) is 13.8 Å². The van der Waals surface area contributed by atoms with E-state index in [4.69, 9.17) is 5.84 Å². The highest BCUT2D eigenvalue weighted by atomic mass is 15.3. The van der Waals surface area contributed by atoms with Crippen molar-refractivity contribution in [3.63, 3.8) is 0 Å². The van der Waals surface area contributed by atoms with Crippen LogP contribution in [0.4, 0.5) is 0 Å². The van der Waals surface area contributed by atoms with E-state index in [-0.39, 0.29) is 0 Å². The molecule has 4 heteroatoms. The Bertz CT molecular complexity index is 144. The second kappa shape index (κ2) is 5.83. The Hall–Kier alpha value is -0.770. The molecule has 0 amide bonds. The average Bonchev–Trinajstić information content (AvgIpc) is 2.13. The Labute approximate surface area is 75.0 Å². The van der Waals surface area contributed by atoms with Crippen molar-refractivity contribution in [3.05, 3.63) is 0 Å². The number of rotatable bonds is 0. The summed E-state index contributed by atoms with van der Waals surface area (Å²) in [5.41, 5.74) is 0. The number of likely N-dealkylation sites (N-methyl/N-ethyl adjacent to an activating group) is 2. The molecule has 1 heterocycles. The van der Waals surface area contributed by atoms with Gasteiger partial charge in [0.05, 0.1) is 6.54 Å². The van der Waals surface area contributed by atoms with Crippen LogP contribution in [-0.2, 0) is 0 Å². The zero-order valence-electron chi connectivity index (χ0n) is 8.54. The van der Waals surface area contributed by atoms with Gasteiger partial charge in [0, 0.05) is 20.1 Å². The molecule has 4 nitrogen and oxygen atoms in total. The molecule has 0 saturated carbocycles. The molecule has 0 atom stereocenters. The van der Waals surface area contributed by atoms with Crippen LogP contribution in [0.5, 0.6) is 0 Å². The Kier molecular flexibility index (Phi) is 5.45. The van der Waals surface area contributed by atoms with E-state index >= 15 is 0 Å². The fourth-order valence-corrected chi connectivity index (χ4v) is 1.03. The highest BCUT2D eigenvalue weighted by molar-refractivity contribution is 5.84. The van der Waals surface area contributed by atoms with Crippen molar-refractivity contribution in [3.8, 4) is 0 Å². The quantitative estimate of drug-likeness (QED) is 0.418. The smallest absolute Gasteiger partial charge is 0.138 e. The fraction of sp³-hybridized carbons (Fsp3) is 0.875. The number of nitrogens with zero attached hydrogens (tertiary/aromatic N) is 3. The largest absolute Gasteiger partial charge is 0.359 e. The predicted molar refractivity (Wildman–Crippen MR) is 53.1 cm³/mol. The van der Waals surface area contributed by atoms with Gasteiger partial charge in [0.1, 0.15) is 5.84 Å². The van der Waals surface area contributed by atoms with E-state index in [1.165, 1.54) is 0 Å². The van der Waals surface area contributed by atoms with Gasteiger partial charge in [-0.15, -0.1) is 0 Å². The van der Waals surface area contributed by atoms with Crippen molar-refractivity contribution in [2.75, 3.05) is 33.7 Å². The molecule has 0 unspecified atom stereocenters. The molecule has 72 valence electrons. The zero-order chi connectivity index (χ0) is 9.56. The molecule has 0 spiro atoms. The number of hydrogen-bond acceptors (Lipinski definition) is 3. The van der Waals surface area contributed by atoms with Crippen molar-refractivity contribution in [1.82, 2.24) is 9.80 Å². The second-order valence-electron chi connectivity index (χ2n) is 2.70. The van der Waals surface area contributed by atoms with Crippen LogP contribution in [0.15, 0.2) is 5.10 Å². The van der Waals surface area contributed by atoms with Gasteiger partial charge in [0.15, 0.2) is 0 Å². The molecular weight excluding hydrogens is 152 g/mol. The summed E-state index contributed by atoms with van der Waals surface area (Å²) in [7, 11) is 4.08. The SMILES string of the molecule is CC.CN1CCN(C)/C(=N\N)C1. The lowest BCUT2D eigenvalue weighted by molar-refractivity contribution is 0.288. The minimum atomic E-state index is 0.868. The lowest BCUT2D eigenvalue weighted by Gasteiger charge is -2.31. The summed E-state index contributed by atoms with van der Waals surface area (Å²) in [6, 6.07) is 0. The van der Waals surface area contributed by atoms with E-state index in [0.29, 0.717) is 0 Å². The lowest BCUT2D eigenvalue weighted by atomic mass is 10.3. The van der Waals surface area contributed by atoms with Gasteiger partial charge in [-0.2, -0.15) is 5.10 Å². The van der Waals surface area contributed by atoms with Crippen molar-refractivity contribution in [1.29, 1.82) is 0 Å². The van der Waals surface area contributed by atoms with Gasteiger partial charge < -0.3 is 10.7 Å². The van der Waals surface area contributed by atoms with E-state index in [1.807, 2.05) is 20.9 Å². The van der Waals surface area contributed by atoms with E-state index in [1.54, 1.807) is 0 Å². The third-order valence-corrected chi connectivity index (χ3v) is 1.82. The molecule has 1 rings (SSSR count). The van der Waals surface area contributed by atoms with Crippen molar-refractivity contribution in [2.45, 2.75) is 13.8 Å². The monoisotopic (exact) mass is 172 g/mol.